The summed E-state index contributed by atoms with van der Waals surface area (Å²) in [4.78, 5) is 11.3. The molecule has 3 heteroatoms. The van der Waals surface area contributed by atoms with Crippen LogP contribution < -0.4 is 0 Å². The van der Waals surface area contributed by atoms with E-state index in [0.717, 1.165) is 25.7 Å². The lowest BCUT2D eigenvalue weighted by Crippen LogP contribution is -2.56. The van der Waals surface area contributed by atoms with Gasteiger partial charge in [0.2, 0.25) is 0 Å². The molecule has 0 saturated heterocycles. The van der Waals surface area contributed by atoms with Gasteiger partial charge >= 0.3 is 0 Å². The van der Waals surface area contributed by atoms with Crippen LogP contribution >= 0.6 is 0 Å². The van der Waals surface area contributed by atoms with Gasteiger partial charge in [-0.2, -0.15) is 0 Å². The van der Waals surface area contributed by atoms with Crippen molar-refractivity contribution in [1.82, 2.24) is 0 Å². The molecular weight excluding hydrogens is 312 g/mol. The summed E-state index contributed by atoms with van der Waals surface area (Å²) in [7, 11) is 0. The third kappa shape index (κ3) is 2.31. The fraction of sp³-hybridized carbons (Fsp3) is 0.773. The average molecular weight is 347 g/mol. The van der Waals surface area contributed by atoms with Crippen molar-refractivity contribution in [2.24, 2.45) is 22.2 Å². The molecule has 0 radical (unpaired) electrons. The standard InChI is InChI=1S/C22H34O3/c1-7-19(5,24)12-9-17-16(2)13-21(25-15-23)14-22(21)18(3,4)10-8-11-20(17,22)6/h7,15,17,24H,1-2,8-14H2,3-6H3/t17-,19+,20+,21-,22-/m0/s1. The first-order chi connectivity index (χ1) is 11.5. The summed E-state index contributed by atoms with van der Waals surface area (Å²) in [5.74, 6) is 0.351. The van der Waals surface area contributed by atoms with E-state index in [1.807, 2.05) is 6.92 Å². The Morgan fingerprint density at radius 1 is 1.36 bits per heavy atom. The second kappa shape index (κ2) is 5.45. The predicted molar refractivity (Wildman–Crippen MR) is 100.0 cm³/mol. The molecule has 140 valence electrons. The summed E-state index contributed by atoms with van der Waals surface area (Å²) in [6, 6.07) is 0. The minimum absolute atomic E-state index is 0.0258. The van der Waals surface area contributed by atoms with E-state index in [1.165, 1.54) is 18.4 Å². The lowest BCUT2D eigenvalue weighted by molar-refractivity contribution is -0.161. The molecule has 0 aromatic carbocycles. The highest BCUT2D eigenvalue weighted by molar-refractivity contribution is 5.46. The molecule has 0 heterocycles. The summed E-state index contributed by atoms with van der Waals surface area (Å²) in [5.41, 5.74) is 0.216. The number of hydrogen-bond donors (Lipinski definition) is 1. The Bertz CT molecular complexity index is 604. The molecule has 1 N–H and O–H groups in total. The Labute approximate surface area is 152 Å². The Kier molecular flexibility index (Phi) is 4.08. The molecule has 25 heavy (non-hydrogen) atoms. The normalized spacial score (nSPS) is 44.0. The molecule has 1 spiro atoms. The van der Waals surface area contributed by atoms with Crippen LogP contribution in [-0.4, -0.2) is 22.8 Å². The smallest absolute Gasteiger partial charge is 0.293 e. The lowest BCUT2D eigenvalue weighted by atomic mass is 9.44. The van der Waals surface area contributed by atoms with Gasteiger partial charge in [-0.3, -0.25) is 4.79 Å². The number of rotatable bonds is 6. The first-order valence-electron chi connectivity index (χ1n) is 9.66. The van der Waals surface area contributed by atoms with Crippen LogP contribution in [-0.2, 0) is 9.53 Å². The predicted octanol–water partition coefficient (Wildman–Crippen LogP) is 4.80. The highest BCUT2D eigenvalue weighted by Crippen LogP contribution is 2.85. The number of hydrogen-bond acceptors (Lipinski definition) is 3. The average Bonchev–Trinajstić information content (AvgIpc) is 3.17. The van der Waals surface area contributed by atoms with Gasteiger partial charge in [0.25, 0.3) is 6.47 Å². The van der Waals surface area contributed by atoms with Crippen molar-refractivity contribution in [2.75, 3.05) is 0 Å². The molecule has 0 aliphatic heterocycles. The van der Waals surface area contributed by atoms with Crippen LogP contribution in [0.25, 0.3) is 0 Å². The van der Waals surface area contributed by atoms with E-state index in [9.17, 15) is 9.90 Å². The highest BCUT2D eigenvalue weighted by atomic mass is 16.5. The minimum atomic E-state index is -0.842. The third-order valence-electron chi connectivity index (χ3n) is 8.26. The van der Waals surface area contributed by atoms with Crippen LogP contribution in [0.3, 0.4) is 0 Å². The summed E-state index contributed by atoms with van der Waals surface area (Å²) < 4.78 is 5.78. The molecule has 0 amide bonds. The Balaban J connectivity index is 1.99. The summed E-state index contributed by atoms with van der Waals surface area (Å²) in [6.07, 6.45) is 8.47. The molecule has 5 atom stereocenters. The van der Waals surface area contributed by atoms with Crippen molar-refractivity contribution in [1.29, 1.82) is 0 Å². The monoisotopic (exact) mass is 346 g/mol. The summed E-state index contributed by atoms with van der Waals surface area (Å²) >= 11 is 0. The first-order valence-corrected chi connectivity index (χ1v) is 9.66. The van der Waals surface area contributed by atoms with E-state index in [1.54, 1.807) is 6.08 Å². The minimum Gasteiger partial charge on any atom is -0.460 e. The molecule has 0 aromatic rings. The van der Waals surface area contributed by atoms with Crippen molar-refractivity contribution in [2.45, 2.75) is 83.8 Å². The maximum absolute atomic E-state index is 11.3. The fourth-order valence-corrected chi connectivity index (χ4v) is 7.02. The Hall–Kier alpha value is -1.09. The lowest BCUT2D eigenvalue weighted by Gasteiger charge is -2.60. The van der Waals surface area contributed by atoms with Gasteiger partial charge in [0.1, 0.15) is 5.60 Å². The number of carbonyl (C=O) groups is 1. The maximum atomic E-state index is 11.3. The topological polar surface area (TPSA) is 46.5 Å². The molecular formula is C22H34O3. The van der Waals surface area contributed by atoms with Gasteiger partial charge in [-0.15, -0.1) is 6.58 Å². The second-order valence-corrected chi connectivity index (χ2v) is 9.93. The largest absolute Gasteiger partial charge is 0.460 e. The zero-order chi connectivity index (χ0) is 18.7. The molecule has 0 aromatic heterocycles. The molecule has 0 unspecified atom stereocenters. The molecule has 3 aliphatic rings. The molecule has 3 saturated carbocycles. The van der Waals surface area contributed by atoms with E-state index in [-0.39, 0.29) is 21.8 Å². The number of carbonyl (C=O) groups excluding carboxylic acids is 1. The van der Waals surface area contributed by atoms with Crippen LogP contribution in [0.15, 0.2) is 24.8 Å². The second-order valence-electron chi connectivity index (χ2n) is 9.93. The number of aliphatic hydroxyl groups is 1. The van der Waals surface area contributed by atoms with Crippen LogP contribution in [0.2, 0.25) is 0 Å². The van der Waals surface area contributed by atoms with Gasteiger partial charge in [-0.1, -0.05) is 45.4 Å². The summed E-state index contributed by atoms with van der Waals surface area (Å²) in [6.45, 7) is 17.7. The van der Waals surface area contributed by atoms with Crippen molar-refractivity contribution in [3.8, 4) is 0 Å². The molecule has 3 nitrogen and oxygen atoms in total. The van der Waals surface area contributed by atoms with E-state index in [2.05, 4.69) is 33.9 Å². The van der Waals surface area contributed by atoms with E-state index in [0.29, 0.717) is 18.8 Å². The molecule has 0 bridgehead atoms. The quantitative estimate of drug-likeness (QED) is 0.555. The van der Waals surface area contributed by atoms with Crippen molar-refractivity contribution < 1.29 is 14.6 Å². The molecule has 3 aliphatic carbocycles. The zero-order valence-corrected chi connectivity index (χ0v) is 16.4. The summed E-state index contributed by atoms with van der Waals surface area (Å²) in [5, 5.41) is 10.4. The van der Waals surface area contributed by atoms with E-state index in [4.69, 9.17) is 4.74 Å². The van der Waals surface area contributed by atoms with Gasteiger partial charge in [-0.05, 0) is 55.8 Å². The van der Waals surface area contributed by atoms with Crippen molar-refractivity contribution >= 4 is 6.47 Å². The van der Waals surface area contributed by atoms with Crippen LogP contribution in [0, 0.1) is 22.2 Å². The van der Waals surface area contributed by atoms with Crippen LogP contribution in [0.5, 0.6) is 0 Å². The highest BCUT2D eigenvalue weighted by Gasteiger charge is 2.85. The Morgan fingerprint density at radius 3 is 2.64 bits per heavy atom. The third-order valence-corrected chi connectivity index (χ3v) is 8.26. The maximum Gasteiger partial charge on any atom is 0.293 e. The van der Waals surface area contributed by atoms with Crippen LogP contribution in [0.4, 0.5) is 0 Å². The molecule has 3 fully saturated rings. The molecule has 3 rings (SSSR count). The zero-order valence-electron chi connectivity index (χ0n) is 16.4. The number of ether oxygens (including phenoxy) is 1. The van der Waals surface area contributed by atoms with Gasteiger partial charge in [0.05, 0.1) is 5.60 Å². The van der Waals surface area contributed by atoms with Gasteiger partial charge in [0, 0.05) is 11.8 Å². The van der Waals surface area contributed by atoms with Crippen molar-refractivity contribution in [3.05, 3.63) is 24.8 Å². The van der Waals surface area contributed by atoms with Gasteiger partial charge < -0.3 is 9.84 Å². The van der Waals surface area contributed by atoms with Gasteiger partial charge in [-0.25, -0.2) is 0 Å². The van der Waals surface area contributed by atoms with Crippen LogP contribution in [0.1, 0.15) is 72.6 Å². The Morgan fingerprint density at radius 2 is 2.04 bits per heavy atom. The first kappa shape index (κ1) is 18.7. The van der Waals surface area contributed by atoms with Gasteiger partial charge in [0.15, 0.2) is 0 Å². The fourth-order valence-electron chi connectivity index (χ4n) is 7.02. The van der Waals surface area contributed by atoms with E-state index < -0.39 is 5.60 Å². The van der Waals surface area contributed by atoms with Crippen molar-refractivity contribution in [3.63, 3.8) is 0 Å². The van der Waals surface area contributed by atoms with E-state index >= 15 is 0 Å². The SMILES string of the molecule is C=C[C@@](C)(O)CC[C@H]1C(=C)C[C@]2(OC=O)C[C@@]23C(C)(C)CCC[C@]13C.